The van der Waals surface area contributed by atoms with Crippen LogP contribution in [0.4, 0.5) is 20.2 Å². The summed E-state index contributed by atoms with van der Waals surface area (Å²) < 4.78 is 37.1. The number of anilines is 2. The highest BCUT2D eigenvalue weighted by atomic mass is 19.1. The molecule has 0 heterocycles. The zero-order chi connectivity index (χ0) is 23.1. The summed E-state index contributed by atoms with van der Waals surface area (Å²) in [5.74, 6) is -1.82. The molecular weight excluding hydrogens is 418 g/mol. The molecule has 0 aliphatic carbocycles. The van der Waals surface area contributed by atoms with Crippen molar-refractivity contribution in [1.82, 2.24) is 0 Å². The van der Waals surface area contributed by atoms with Crippen LogP contribution in [0.3, 0.4) is 0 Å². The van der Waals surface area contributed by atoms with E-state index in [0.717, 1.165) is 0 Å². The highest BCUT2D eigenvalue weighted by Crippen LogP contribution is 2.21. The number of methoxy groups -OCH3 is 2. The Labute approximate surface area is 184 Å². The summed E-state index contributed by atoms with van der Waals surface area (Å²) in [6.45, 7) is 0.245. The number of rotatable bonds is 8. The number of hydrogen-bond donors (Lipinski definition) is 2. The van der Waals surface area contributed by atoms with Gasteiger partial charge in [-0.25, -0.2) is 8.78 Å². The Kier molecular flexibility index (Phi) is 7.64. The van der Waals surface area contributed by atoms with E-state index in [-0.39, 0.29) is 24.3 Å². The molecule has 166 valence electrons. The minimum Gasteiger partial charge on any atom is -0.380 e. The third kappa shape index (κ3) is 5.75. The Balaban J connectivity index is 1.78. The van der Waals surface area contributed by atoms with Crippen LogP contribution in [-0.2, 0) is 22.7 Å². The van der Waals surface area contributed by atoms with Crippen LogP contribution in [0.2, 0.25) is 0 Å². The van der Waals surface area contributed by atoms with E-state index in [1.807, 2.05) is 0 Å². The Hall–Kier alpha value is -3.62. The van der Waals surface area contributed by atoms with Crippen LogP contribution >= 0.6 is 0 Å². The van der Waals surface area contributed by atoms with Crippen molar-refractivity contribution in [3.63, 3.8) is 0 Å². The molecule has 0 saturated carbocycles. The molecule has 3 aromatic rings. The summed E-state index contributed by atoms with van der Waals surface area (Å²) in [6, 6.07) is 14.0. The largest absolute Gasteiger partial charge is 0.380 e. The lowest BCUT2D eigenvalue weighted by Crippen LogP contribution is -2.17. The normalized spacial score (nSPS) is 10.6. The first-order valence-electron chi connectivity index (χ1n) is 9.68. The summed E-state index contributed by atoms with van der Waals surface area (Å²) in [5, 5.41) is 5.42. The van der Waals surface area contributed by atoms with Gasteiger partial charge >= 0.3 is 0 Å². The quantitative estimate of drug-likeness (QED) is 0.530. The number of carbonyl (C=O) groups is 2. The van der Waals surface area contributed by atoms with Crippen molar-refractivity contribution in [2.75, 3.05) is 24.9 Å². The molecule has 8 heteroatoms. The minimum atomic E-state index is -0.467. The molecule has 0 saturated heterocycles. The second-order valence-corrected chi connectivity index (χ2v) is 6.96. The van der Waals surface area contributed by atoms with Gasteiger partial charge in [-0.2, -0.15) is 0 Å². The maximum absolute atomic E-state index is 13.5. The predicted octanol–water partition coefficient (Wildman–Crippen LogP) is 4.76. The number of amides is 2. The minimum absolute atomic E-state index is 0.122. The Morgan fingerprint density at radius 1 is 0.719 bits per heavy atom. The summed E-state index contributed by atoms with van der Waals surface area (Å²) >= 11 is 0. The van der Waals surface area contributed by atoms with Crippen molar-refractivity contribution in [1.29, 1.82) is 0 Å². The molecule has 0 fully saturated rings. The molecule has 6 nitrogen and oxygen atoms in total. The first-order chi connectivity index (χ1) is 15.4. The molecule has 3 rings (SSSR count). The average Bonchev–Trinajstić information content (AvgIpc) is 2.78. The fourth-order valence-corrected chi connectivity index (χ4v) is 3.11. The molecular formula is C24H22F2N2O4. The van der Waals surface area contributed by atoms with Gasteiger partial charge in [0.25, 0.3) is 11.8 Å². The summed E-state index contributed by atoms with van der Waals surface area (Å²) in [7, 11) is 2.94. The van der Waals surface area contributed by atoms with Gasteiger partial charge in [0.15, 0.2) is 0 Å². The van der Waals surface area contributed by atoms with Crippen molar-refractivity contribution < 1.29 is 27.8 Å². The van der Waals surface area contributed by atoms with Gasteiger partial charge in [-0.05, 0) is 54.6 Å². The number of ether oxygens (including phenoxy) is 2. The Morgan fingerprint density at radius 2 is 1.16 bits per heavy atom. The molecule has 0 unspecified atom stereocenters. The molecule has 0 aliphatic heterocycles. The van der Waals surface area contributed by atoms with E-state index in [1.165, 1.54) is 56.7 Å². The number of carbonyl (C=O) groups excluding carboxylic acids is 2. The molecule has 2 amide bonds. The monoisotopic (exact) mass is 440 g/mol. The average molecular weight is 440 g/mol. The standard InChI is InChI=1S/C24H22F2N2O4/c1-31-13-17-11-19(25)6-8-21(17)27-23(29)15-4-3-5-16(10-15)24(30)28-22-9-7-20(26)12-18(22)14-32-2/h3-12H,13-14H2,1-2H3,(H,27,29)(H,28,30). The first-order valence-corrected chi connectivity index (χ1v) is 9.68. The highest BCUT2D eigenvalue weighted by Gasteiger charge is 2.14. The summed E-state index contributed by atoms with van der Waals surface area (Å²) in [5.41, 5.74) is 2.25. The van der Waals surface area contributed by atoms with Crippen molar-refractivity contribution >= 4 is 23.2 Å². The molecule has 0 radical (unpaired) electrons. The Morgan fingerprint density at radius 3 is 1.56 bits per heavy atom. The van der Waals surface area contributed by atoms with E-state index < -0.39 is 23.4 Å². The smallest absolute Gasteiger partial charge is 0.255 e. The van der Waals surface area contributed by atoms with Gasteiger partial charge < -0.3 is 20.1 Å². The maximum atomic E-state index is 13.5. The second kappa shape index (κ2) is 10.6. The van der Waals surface area contributed by atoms with Crippen LogP contribution < -0.4 is 10.6 Å². The van der Waals surface area contributed by atoms with Crippen LogP contribution in [0.5, 0.6) is 0 Å². The summed E-state index contributed by atoms with van der Waals surface area (Å²) in [6.07, 6.45) is 0. The molecule has 0 aliphatic rings. The fraction of sp³-hybridized carbons (Fsp3) is 0.167. The Bertz CT molecular complexity index is 1050. The number of benzene rings is 3. The van der Waals surface area contributed by atoms with Crippen LogP contribution in [-0.4, -0.2) is 26.0 Å². The predicted molar refractivity (Wildman–Crippen MR) is 117 cm³/mol. The van der Waals surface area contributed by atoms with Crippen molar-refractivity contribution in [2.24, 2.45) is 0 Å². The first kappa shape index (κ1) is 23.1. The van der Waals surface area contributed by atoms with Crippen molar-refractivity contribution in [3.05, 3.63) is 94.6 Å². The third-order valence-corrected chi connectivity index (χ3v) is 4.62. The van der Waals surface area contributed by atoms with Gasteiger partial charge in [0.05, 0.1) is 13.2 Å². The molecule has 0 bridgehead atoms. The van der Waals surface area contributed by atoms with Gasteiger partial charge in [-0.1, -0.05) is 6.07 Å². The van der Waals surface area contributed by atoms with Gasteiger partial charge in [0.1, 0.15) is 11.6 Å². The molecule has 3 aromatic carbocycles. The van der Waals surface area contributed by atoms with Crippen molar-refractivity contribution in [2.45, 2.75) is 13.2 Å². The third-order valence-electron chi connectivity index (χ3n) is 4.62. The lowest BCUT2D eigenvalue weighted by Gasteiger charge is -2.13. The fourth-order valence-electron chi connectivity index (χ4n) is 3.11. The van der Waals surface area contributed by atoms with Gasteiger partial charge in [-0.15, -0.1) is 0 Å². The zero-order valence-electron chi connectivity index (χ0n) is 17.6. The topological polar surface area (TPSA) is 76.7 Å². The van der Waals surface area contributed by atoms with Gasteiger partial charge in [0, 0.05) is 47.8 Å². The number of halogens is 2. The van der Waals surface area contributed by atoms with E-state index in [2.05, 4.69) is 10.6 Å². The summed E-state index contributed by atoms with van der Waals surface area (Å²) in [4.78, 5) is 25.5. The lowest BCUT2D eigenvalue weighted by molar-refractivity contribution is 0.102. The molecule has 0 aromatic heterocycles. The lowest BCUT2D eigenvalue weighted by atomic mass is 10.1. The number of hydrogen-bond acceptors (Lipinski definition) is 4. The highest BCUT2D eigenvalue weighted by molar-refractivity contribution is 6.09. The van der Waals surface area contributed by atoms with E-state index in [4.69, 9.17) is 9.47 Å². The van der Waals surface area contributed by atoms with Crippen molar-refractivity contribution in [3.8, 4) is 0 Å². The van der Waals surface area contributed by atoms with Crippen LogP contribution in [0, 0.1) is 11.6 Å². The van der Waals surface area contributed by atoms with Gasteiger partial charge in [-0.3, -0.25) is 9.59 Å². The van der Waals surface area contributed by atoms with E-state index in [1.54, 1.807) is 18.2 Å². The second-order valence-electron chi connectivity index (χ2n) is 6.96. The van der Waals surface area contributed by atoms with Crippen LogP contribution in [0.15, 0.2) is 60.7 Å². The van der Waals surface area contributed by atoms with E-state index >= 15 is 0 Å². The van der Waals surface area contributed by atoms with Crippen LogP contribution in [0.25, 0.3) is 0 Å². The van der Waals surface area contributed by atoms with Crippen LogP contribution in [0.1, 0.15) is 31.8 Å². The maximum Gasteiger partial charge on any atom is 0.255 e. The molecule has 0 spiro atoms. The van der Waals surface area contributed by atoms with Gasteiger partial charge in [0.2, 0.25) is 0 Å². The molecule has 2 N–H and O–H groups in total. The van der Waals surface area contributed by atoms with E-state index in [0.29, 0.717) is 22.5 Å². The number of nitrogens with one attached hydrogen (secondary N) is 2. The SMILES string of the molecule is COCc1cc(F)ccc1NC(=O)c1cccc(C(=O)Nc2ccc(F)cc2COC)c1. The van der Waals surface area contributed by atoms with E-state index in [9.17, 15) is 18.4 Å². The molecule has 0 atom stereocenters. The zero-order valence-corrected chi connectivity index (χ0v) is 17.6. The molecule has 32 heavy (non-hydrogen) atoms.